The predicted octanol–water partition coefficient (Wildman–Crippen LogP) is 7.42. The van der Waals surface area contributed by atoms with Crippen LogP contribution in [-0.2, 0) is 16.9 Å². The smallest absolute Gasteiger partial charge is 0.410 e. The first kappa shape index (κ1) is 25.8. The van der Waals surface area contributed by atoms with E-state index in [4.69, 9.17) is 9.47 Å². The van der Waals surface area contributed by atoms with Gasteiger partial charge in [-0.05, 0) is 64.8 Å². The summed E-state index contributed by atoms with van der Waals surface area (Å²) in [5, 5.41) is 11.9. The number of aliphatic hydroxyl groups is 1. The second-order valence-corrected chi connectivity index (χ2v) is 11.7. The van der Waals surface area contributed by atoms with Crippen LogP contribution in [0.2, 0.25) is 0 Å². The molecule has 0 radical (unpaired) electrons. The number of hydrogen-bond acceptors (Lipinski definition) is 4. The zero-order valence-corrected chi connectivity index (χ0v) is 23.1. The lowest BCUT2D eigenvalue weighted by Crippen LogP contribution is -2.59. The topological polar surface area (TPSA) is 59.0 Å². The van der Waals surface area contributed by atoms with Crippen LogP contribution in [0.3, 0.4) is 0 Å². The third-order valence-corrected chi connectivity index (χ3v) is 9.17. The van der Waals surface area contributed by atoms with Gasteiger partial charge in [-0.1, -0.05) is 91.0 Å². The van der Waals surface area contributed by atoms with E-state index in [1.54, 1.807) is 0 Å². The molecule has 0 aromatic heterocycles. The molecule has 2 aliphatic heterocycles. The van der Waals surface area contributed by atoms with Crippen LogP contribution in [0.15, 0.2) is 103 Å². The summed E-state index contributed by atoms with van der Waals surface area (Å²) in [5.41, 5.74) is 5.81. The number of rotatable bonds is 6. The summed E-state index contributed by atoms with van der Waals surface area (Å²) >= 11 is 0. The quantitative estimate of drug-likeness (QED) is 0.274. The molecular formula is C36H35NO4. The number of fused-ring (bicyclic) bond motifs is 5. The van der Waals surface area contributed by atoms with E-state index in [1.165, 1.54) is 22.3 Å². The molecule has 0 spiro atoms. The molecule has 2 saturated heterocycles. The molecule has 5 heteroatoms. The average Bonchev–Trinajstić information content (AvgIpc) is 3.33. The standard InChI is InChI=1S/C36H35NO4/c38-35(41-24-34-32-18-6-4-16-30(32)31-17-5-7-19-33(31)34)37-27-13-9-14-28(37)22-36(39,21-27)26-12-8-15-29(20-26)40-23-25-10-2-1-3-11-25/h1-8,10-12,15-20,27-28,34,39H,9,13-14,21-24H2. The zero-order valence-electron chi connectivity index (χ0n) is 23.1. The third-order valence-electron chi connectivity index (χ3n) is 9.17. The van der Waals surface area contributed by atoms with Gasteiger partial charge in [0.15, 0.2) is 0 Å². The van der Waals surface area contributed by atoms with E-state index < -0.39 is 5.60 Å². The van der Waals surface area contributed by atoms with E-state index >= 15 is 0 Å². The Morgan fingerprint density at radius 3 is 2.12 bits per heavy atom. The van der Waals surface area contributed by atoms with Gasteiger partial charge in [0.2, 0.25) is 0 Å². The Balaban J connectivity index is 1.05. The molecule has 1 N–H and O–H groups in total. The summed E-state index contributed by atoms with van der Waals surface area (Å²) in [4.78, 5) is 15.5. The second-order valence-electron chi connectivity index (χ2n) is 11.7. The molecule has 4 aromatic carbocycles. The molecule has 4 aromatic rings. The molecule has 41 heavy (non-hydrogen) atoms. The second kappa shape index (κ2) is 10.7. The maximum atomic E-state index is 13.6. The highest BCUT2D eigenvalue weighted by molar-refractivity contribution is 5.79. The third kappa shape index (κ3) is 4.89. The number of carbonyl (C=O) groups excluding carboxylic acids is 1. The van der Waals surface area contributed by atoms with Crippen LogP contribution in [-0.4, -0.2) is 34.8 Å². The average molecular weight is 546 g/mol. The maximum absolute atomic E-state index is 13.6. The van der Waals surface area contributed by atoms with Gasteiger partial charge in [0.05, 0.1) is 5.60 Å². The Morgan fingerprint density at radius 1 is 0.805 bits per heavy atom. The highest BCUT2D eigenvalue weighted by Gasteiger charge is 2.49. The summed E-state index contributed by atoms with van der Waals surface area (Å²) in [6.07, 6.45) is 3.52. The fourth-order valence-corrected chi connectivity index (χ4v) is 7.25. The summed E-state index contributed by atoms with van der Waals surface area (Å²) in [6.45, 7) is 0.789. The summed E-state index contributed by atoms with van der Waals surface area (Å²) < 4.78 is 12.1. The van der Waals surface area contributed by atoms with Crippen LogP contribution in [0.5, 0.6) is 5.75 Å². The van der Waals surface area contributed by atoms with Crippen LogP contribution in [0.4, 0.5) is 4.79 Å². The minimum absolute atomic E-state index is 0.0338. The van der Waals surface area contributed by atoms with Gasteiger partial charge in [0.25, 0.3) is 0 Å². The molecule has 1 aliphatic carbocycles. The normalized spacial score (nSPS) is 23.0. The van der Waals surface area contributed by atoms with E-state index in [0.29, 0.717) is 26.1 Å². The van der Waals surface area contributed by atoms with Crippen molar-refractivity contribution in [2.75, 3.05) is 6.61 Å². The van der Waals surface area contributed by atoms with Crippen molar-refractivity contribution in [3.8, 4) is 16.9 Å². The van der Waals surface area contributed by atoms with Crippen LogP contribution in [0.1, 0.15) is 60.3 Å². The van der Waals surface area contributed by atoms with Gasteiger partial charge in [0.1, 0.15) is 19.0 Å². The van der Waals surface area contributed by atoms with Crippen LogP contribution in [0, 0.1) is 0 Å². The molecular weight excluding hydrogens is 510 g/mol. The Kier molecular flexibility index (Phi) is 6.76. The first-order valence-electron chi connectivity index (χ1n) is 14.7. The molecule has 3 aliphatic rings. The largest absolute Gasteiger partial charge is 0.489 e. The molecule has 2 heterocycles. The van der Waals surface area contributed by atoms with Crippen LogP contribution < -0.4 is 4.74 Å². The Hall–Kier alpha value is -4.09. The molecule has 2 fully saturated rings. The minimum atomic E-state index is -1.01. The zero-order chi connectivity index (χ0) is 27.8. The summed E-state index contributed by atoms with van der Waals surface area (Å²) in [6, 6.07) is 34.6. The molecule has 1 amide bonds. The van der Waals surface area contributed by atoms with Crippen molar-refractivity contribution in [3.63, 3.8) is 0 Å². The number of nitrogens with zero attached hydrogens (tertiary/aromatic N) is 1. The number of hydrogen-bond donors (Lipinski definition) is 1. The molecule has 5 nitrogen and oxygen atoms in total. The summed E-state index contributed by atoms with van der Waals surface area (Å²) in [5.74, 6) is 0.774. The van der Waals surface area contributed by atoms with Gasteiger partial charge < -0.3 is 19.5 Å². The number of piperidine rings is 2. The van der Waals surface area contributed by atoms with Gasteiger partial charge in [-0.25, -0.2) is 4.79 Å². The Morgan fingerprint density at radius 2 is 1.44 bits per heavy atom. The van der Waals surface area contributed by atoms with Gasteiger partial charge in [0, 0.05) is 30.8 Å². The molecule has 208 valence electrons. The first-order chi connectivity index (χ1) is 20.1. The summed E-state index contributed by atoms with van der Waals surface area (Å²) in [7, 11) is 0. The molecule has 2 atom stereocenters. The Labute approximate surface area is 241 Å². The molecule has 2 bridgehead atoms. The van der Waals surface area contributed by atoms with Gasteiger partial charge in [-0.3, -0.25) is 0 Å². The van der Waals surface area contributed by atoms with Crippen molar-refractivity contribution in [1.29, 1.82) is 0 Å². The van der Waals surface area contributed by atoms with Gasteiger partial charge in [-0.15, -0.1) is 0 Å². The van der Waals surface area contributed by atoms with Gasteiger partial charge in [-0.2, -0.15) is 0 Å². The number of ether oxygens (including phenoxy) is 2. The van der Waals surface area contributed by atoms with Crippen molar-refractivity contribution in [3.05, 3.63) is 125 Å². The van der Waals surface area contributed by atoms with Crippen LogP contribution in [0.25, 0.3) is 11.1 Å². The van der Waals surface area contributed by atoms with Crippen molar-refractivity contribution >= 4 is 6.09 Å². The van der Waals surface area contributed by atoms with E-state index in [2.05, 4.69) is 48.5 Å². The minimum Gasteiger partial charge on any atom is -0.489 e. The molecule has 0 saturated carbocycles. The number of carbonyl (C=O) groups is 1. The van der Waals surface area contributed by atoms with E-state index in [-0.39, 0.29) is 24.1 Å². The van der Waals surface area contributed by atoms with Crippen molar-refractivity contribution in [1.82, 2.24) is 4.90 Å². The highest BCUT2D eigenvalue weighted by Crippen LogP contribution is 2.47. The fraction of sp³-hybridized carbons (Fsp3) is 0.306. The number of benzene rings is 4. The fourth-order valence-electron chi connectivity index (χ4n) is 7.25. The number of amides is 1. The van der Waals surface area contributed by atoms with Gasteiger partial charge >= 0.3 is 6.09 Å². The van der Waals surface area contributed by atoms with Crippen molar-refractivity contribution in [2.45, 2.75) is 62.3 Å². The highest BCUT2D eigenvalue weighted by atomic mass is 16.6. The predicted molar refractivity (Wildman–Crippen MR) is 159 cm³/mol. The van der Waals surface area contributed by atoms with E-state index in [9.17, 15) is 9.90 Å². The molecule has 7 rings (SSSR count). The van der Waals surface area contributed by atoms with E-state index in [0.717, 1.165) is 36.1 Å². The van der Waals surface area contributed by atoms with E-state index in [1.807, 2.05) is 59.5 Å². The first-order valence-corrected chi connectivity index (χ1v) is 14.7. The van der Waals surface area contributed by atoms with Crippen LogP contribution >= 0.6 is 0 Å². The lowest BCUT2D eigenvalue weighted by atomic mass is 9.72. The van der Waals surface area contributed by atoms with Crippen molar-refractivity contribution in [2.24, 2.45) is 0 Å². The van der Waals surface area contributed by atoms with Crippen molar-refractivity contribution < 1.29 is 19.4 Å². The maximum Gasteiger partial charge on any atom is 0.410 e. The lowest BCUT2D eigenvalue weighted by Gasteiger charge is -2.51. The Bertz CT molecular complexity index is 1490. The SMILES string of the molecule is O=C(OCC1c2ccccc2-c2ccccc21)N1C2CCCC1CC(O)(c1cccc(OCc3ccccc3)c1)C2. The monoisotopic (exact) mass is 545 g/mol. The lowest BCUT2D eigenvalue weighted by molar-refractivity contribution is -0.0891. The molecule has 2 unspecified atom stereocenters.